The van der Waals surface area contributed by atoms with Crippen molar-refractivity contribution in [2.45, 2.75) is 13.5 Å². The highest BCUT2D eigenvalue weighted by Crippen LogP contribution is 2.25. The van der Waals surface area contributed by atoms with E-state index in [-0.39, 0.29) is 6.61 Å². The molecule has 0 bridgehead atoms. The molecule has 2 nitrogen and oxygen atoms in total. The first-order valence-electron chi connectivity index (χ1n) is 5.15. The number of hydrogen-bond donors (Lipinski definition) is 0. The second-order valence-corrected chi connectivity index (χ2v) is 4.08. The highest BCUT2D eigenvalue weighted by atomic mass is 35.5. The van der Waals surface area contributed by atoms with Crippen molar-refractivity contribution in [3.8, 4) is 5.75 Å². The Hall–Kier alpha value is -1.61. The number of pyridine rings is 1. The molecule has 0 fully saturated rings. The molecule has 0 radical (unpaired) electrons. The van der Waals surface area contributed by atoms with Gasteiger partial charge in [-0.2, -0.15) is 4.39 Å². The molecule has 0 N–H and O–H groups in total. The molecule has 1 aromatic heterocycles. The van der Waals surface area contributed by atoms with Gasteiger partial charge in [0.1, 0.15) is 12.4 Å². The molecule has 0 saturated heterocycles. The van der Waals surface area contributed by atoms with Crippen molar-refractivity contribution in [3.63, 3.8) is 0 Å². The highest BCUT2D eigenvalue weighted by molar-refractivity contribution is 6.32. The third-order valence-electron chi connectivity index (χ3n) is 2.24. The Balaban J connectivity index is 2.07. The van der Waals surface area contributed by atoms with E-state index in [1.165, 1.54) is 6.07 Å². The zero-order valence-corrected chi connectivity index (χ0v) is 10.0. The molecular weight excluding hydrogens is 241 g/mol. The van der Waals surface area contributed by atoms with E-state index in [2.05, 4.69) is 4.98 Å². The summed E-state index contributed by atoms with van der Waals surface area (Å²) in [6, 6.07) is 10.1. The lowest BCUT2D eigenvalue weighted by molar-refractivity contribution is 0.299. The van der Waals surface area contributed by atoms with Gasteiger partial charge in [-0.1, -0.05) is 23.7 Å². The van der Waals surface area contributed by atoms with Gasteiger partial charge < -0.3 is 4.74 Å². The second-order valence-electron chi connectivity index (χ2n) is 3.67. The van der Waals surface area contributed by atoms with E-state index in [0.29, 0.717) is 16.5 Å². The quantitative estimate of drug-likeness (QED) is 0.775. The largest absolute Gasteiger partial charge is 0.486 e. The number of aromatic nitrogens is 1. The number of rotatable bonds is 3. The molecule has 17 heavy (non-hydrogen) atoms. The maximum atomic E-state index is 12.8. The number of ether oxygens (including phenoxy) is 1. The first kappa shape index (κ1) is 11.9. The molecule has 2 aromatic rings. The lowest BCUT2D eigenvalue weighted by Crippen LogP contribution is -1.99. The van der Waals surface area contributed by atoms with Crippen LogP contribution in [0.25, 0.3) is 0 Å². The monoisotopic (exact) mass is 251 g/mol. The third kappa shape index (κ3) is 3.17. The molecule has 1 heterocycles. The lowest BCUT2D eigenvalue weighted by Gasteiger charge is -2.08. The summed E-state index contributed by atoms with van der Waals surface area (Å²) in [4.78, 5) is 3.70. The molecule has 4 heteroatoms. The maximum Gasteiger partial charge on any atom is 0.213 e. The van der Waals surface area contributed by atoms with Gasteiger partial charge in [0, 0.05) is 0 Å². The summed E-state index contributed by atoms with van der Waals surface area (Å²) in [5, 5.41) is 0.543. The van der Waals surface area contributed by atoms with Crippen LogP contribution >= 0.6 is 11.6 Å². The van der Waals surface area contributed by atoms with E-state index in [1.54, 1.807) is 18.2 Å². The van der Waals surface area contributed by atoms with E-state index in [4.69, 9.17) is 16.3 Å². The van der Waals surface area contributed by atoms with Gasteiger partial charge in [-0.3, -0.25) is 0 Å². The summed E-state index contributed by atoms with van der Waals surface area (Å²) in [5.74, 6) is 0.0597. The number of nitrogens with zero attached hydrogens (tertiary/aromatic N) is 1. The molecule has 0 amide bonds. The molecule has 0 saturated carbocycles. The van der Waals surface area contributed by atoms with Crippen LogP contribution in [0.15, 0.2) is 36.4 Å². The first-order chi connectivity index (χ1) is 8.15. The Labute approximate surface area is 104 Å². The molecule has 0 unspecified atom stereocenters. The van der Waals surface area contributed by atoms with Gasteiger partial charge in [-0.05, 0) is 36.8 Å². The van der Waals surface area contributed by atoms with Crippen LogP contribution < -0.4 is 4.74 Å². The SMILES string of the molecule is Cc1ccc(OCc2cccc(F)n2)c(Cl)c1. The van der Waals surface area contributed by atoms with Crippen molar-refractivity contribution < 1.29 is 9.13 Å². The summed E-state index contributed by atoms with van der Waals surface area (Å²) in [6.45, 7) is 2.14. The molecular formula is C13H11ClFNO. The van der Waals surface area contributed by atoms with Gasteiger partial charge in [0.05, 0.1) is 10.7 Å². The van der Waals surface area contributed by atoms with Crippen LogP contribution in [0, 0.1) is 12.9 Å². The predicted molar refractivity (Wildman–Crippen MR) is 64.7 cm³/mol. The molecule has 88 valence electrons. The van der Waals surface area contributed by atoms with E-state index in [0.717, 1.165) is 5.56 Å². The summed E-state index contributed by atoms with van der Waals surface area (Å²) in [6.07, 6.45) is 0. The number of aryl methyl sites for hydroxylation is 1. The zero-order valence-electron chi connectivity index (χ0n) is 9.28. The van der Waals surface area contributed by atoms with Crippen LogP contribution in [-0.4, -0.2) is 4.98 Å². The average molecular weight is 252 g/mol. The van der Waals surface area contributed by atoms with Gasteiger partial charge >= 0.3 is 0 Å². The first-order valence-corrected chi connectivity index (χ1v) is 5.53. The topological polar surface area (TPSA) is 22.1 Å². The van der Waals surface area contributed by atoms with Gasteiger partial charge in [0.2, 0.25) is 5.95 Å². The Morgan fingerprint density at radius 1 is 1.29 bits per heavy atom. The smallest absolute Gasteiger partial charge is 0.213 e. The normalized spacial score (nSPS) is 10.3. The van der Waals surface area contributed by atoms with Gasteiger partial charge in [-0.15, -0.1) is 0 Å². The Bertz CT molecular complexity index is 531. The Kier molecular flexibility index (Phi) is 3.59. The van der Waals surface area contributed by atoms with Crippen molar-refractivity contribution in [2.75, 3.05) is 0 Å². The van der Waals surface area contributed by atoms with Crippen molar-refractivity contribution in [1.82, 2.24) is 4.98 Å². The van der Waals surface area contributed by atoms with E-state index in [1.807, 2.05) is 19.1 Å². The summed E-state index contributed by atoms with van der Waals surface area (Å²) in [7, 11) is 0. The summed E-state index contributed by atoms with van der Waals surface area (Å²) < 4.78 is 18.3. The van der Waals surface area contributed by atoms with Crippen LogP contribution in [0.3, 0.4) is 0 Å². The van der Waals surface area contributed by atoms with Crippen LogP contribution in [0.1, 0.15) is 11.3 Å². The summed E-state index contributed by atoms with van der Waals surface area (Å²) >= 11 is 6.01. The van der Waals surface area contributed by atoms with Crippen LogP contribution in [0.4, 0.5) is 4.39 Å². The average Bonchev–Trinajstić information content (AvgIpc) is 2.28. The van der Waals surface area contributed by atoms with Crippen LogP contribution in [0.5, 0.6) is 5.75 Å². The van der Waals surface area contributed by atoms with Crippen molar-refractivity contribution in [1.29, 1.82) is 0 Å². The number of halogens is 2. The minimum Gasteiger partial charge on any atom is -0.486 e. The highest BCUT2D eigenvalue weighted by Gasteiger charge is 2.03. The minimum absolute atomic E-state index is 0.195. The molecule has 0 aliphatic heterocycles. The fraction of sp³-hybridized carbons (Fsp3) is 0.154. The number of benzene rings is 1. The minimum atomic E-state index is -0.513. The van der Waals surface area contributed by atoms with E-state index in [9.17, 15) is 4.39 Å². The standard InChI is InChI=1S/C13H11ClFNO/c1-9-5-6-12(11(14)7-9)17-8-10-3-2-4-13(15)16-10/h2-7H,8H2,1H3. The van der Waals surface area contributed by atoms with Gasteiger partial charge in [0.15, 0.2) is 0 Å². The zero-order chi connectivity index (χ0) is 12.3. The van der Waals surface area contributed by atoms with Gasteiger partial charge in [-0.25, -0.2) is 4.98 Å². The van der Waals surface area contributed by atoms with Crippen molar-refractivity contribution in [2.24, 2.45) is 0 Å². The molecule has 0 spiro atoms. The molecule has 0 aliphatic rings. The van der Waals surface area contributed by atoms with Crippen molar-refractivity contribution >= 4 is 11.6 Å². The fourth-order valence-electron chi connectivity index (χ4n) is 1.41. The van der Waals surface area contributed by atoms with Crippen molar-refractivity contribution in [3.05, 3.63) is 58.6 Å². The third-order valence-corrected chi connectivity index (χ3v) is 2.53. The fourth-order valence-corrected chi connectivity index (χ4v) is 1.69. The lowest BCUT2D eigenvalue weighted by atomic mass is 10.2. The predicted octanol–water partition coefficient (Wildman–Crippen LogP) is 3.76. The molecule has 2 rings (SSSR count). The van der Waals surface area contributed by atoms with Crippen LogP contribution in [-0.2, 0) is 6.61 Å². The Morgan fingerprint density at radius 3 is 2.82 bits per heavy atom. The van der Waals surface area contributed by atoms with E-state index < -0.39 is 5.95 Å². The van der Waals surface area contributed by atoms with E-state index >= 15 is 0 Å². The molecule has 0 atom stereocenters. The second kappa shape index (κ2) is 5.15. The molecule has 0 aliphatic carbocycles. The Morgan fingerprint density at radius 2 is 2.12 bits per heavy atom. The molecule has 1 aromatic carbocycles. The number of hydrogen-bond acceptors (Lipinski definition) is 2. The summed E-state index contributed by atoms with van der Waals surface area (Å²) in [5.41, 5.74) is 1.59. The van der Waals surface area contributed by atoms with Crippen LogP contribution in [0.2, 0.25) is 5.02 Å². The maximum absolute atomic E-state index is 12.8. The van der Waals surface area contributed by atoms with Gasteiger partial charge in [0.25, 0.3) is 0 Å².